The van der Waals surface area contributed by atoms with Gasteiger partial charge in [-0.3, -0.25) is 9.11 Å². The second-order valence-electron chi connectivity index (χ2n) is 9.54. The largest absolute Gasteiger partial charge is 0.390 e. The smallest absolute Gasteiger partial charge is 0.315 e. The maximum atomic E-state index is 13.8. The SMILES string of the molecule is CCc1ccc2c(c1)[C@@H](NC[C@H](O)[C@H](Cc1cc(F)cc(F)c1)NC(=O)NC(C)CC)CS(O)(O)C2. The number of amides is 2. The van der Waals surface area contributed by atoms with Crippen LogP contribution in [0.15, 0.2) is 36.4 Å². The molecule has 0 aliphatic carbocycles. The molecule has 3 rings (SSSR count). The van der Waals surface area contributed by atoms with Crippen molar-refractivity contribution in [3.63, 3.8) is 0 Å². The van der Waals surface area contributed by atoms with E-state index in [4.69, 9.17) is 0 Å². The van der Waals surface area contributed by atoms with Crippen LogP contribution in [0.1, 0.15) is 55.5 Å². The highest BCUT2D eigenvalue weighted by Crippen LogP contribution is 2.50. The molecule has 10 heteroatoms. The van der Waals surface area contributed by atoms with Crippen LogP contribution in [0.5, 0.6) is 0 Å². The van der Waals surface area contributed by atoms with Gasteiger partial charge in [0.15, 0.2) is 0 Å². The molecule has 2 aromatic carbocycles. The molecule has 0 saturated carbocycles. The summed E-state index contributed by atoms with van der Waals surface area (Å²) >= 11 is 0. The van der Waals surface area contributed by atoms with Crippen molar-refractivity contribution < 1.29 is 27.8 Å². The number of carbonyl (C=O) groups is 1. The van der Waals surface area contributed by atoms with Crippen molar-refractivity contribution >= 4 is 16.6 Å². The van der Waals surface area contributed by atoms with Gasteiger partial charge in [0, 0.05) is 18.7 Å². The lowest BCUT2D eigenvalue weighted by Crippen LogP contribution is -2.53. The van der Waals surface area contributed by atoms with Crippen LogP contribution in [0, 0.1) is 11.6 Å². The minimum Gasteiger partial charge on any atom is -0.390 e. The van der Waals surface area contributed by atoms with E-state index in [0.29, 0.717) is 12.0 Å². The van der Waals surface area contributed by atoms with Gasteiger partial charge in [0.2, 0.25) is 0 Å². The van der Waals surface area contributed by atoms with E-state index in [2.05, 4.69) is 16.0 Å². The summed E-state index contributed by atoms with van der Waals surface area (Å²) in [5, 5.41) is 19.8. The fourth-order valence-corrected chi connectivity index (χ4v) is 6.07. The Bertz CT molecular complexity index is 1040. The van der Waals surface area contributed by atoms with Crippen LogP contribution in [0.2, 0.25) is 0 Å². The first kappa shape index (κ1) is 28.3. The number of carbonyl (C=O) groups excluding carboxylic acids is 1. The lowest BCUT2D eigenvalue weighted by atomic mass is 9.97. The molecule has 1 aliphatic heterocycles. The Kier molecular flexibility index (Phi) is 9.71. The van der Waals surface area contributed by atoms with E-state index >= 15 is 0 Å². The highest BCUT2D eigenvalue weighted by atomic mass is 32.3. The van der Waals surface area contributed by atoms with E-state index < -0.39 is 46.4 Å². The Hall–Kier alpha value is -2.24. The number of aliphatic hydroxyl groups is 1. The summed E-state index contributed by atoms with van der Waals surface area (Å²) in [5.41, 5.74) is 3.22. The Morgan fingerprint density at radius 2 is 1.78 bits per heavy atom. The fourth-order valence-electron chi connectivity index (χ4n) is 4.36. The molecule has 0 saturated heterocycles. The van der Waals surface area contributed by atoms with E-state index in [9.17, 15) is 27.8 Å². The molecule has 200 valence electrons. The number of hydrogen-bond donors (Lipinski definition) is 6. The van der Waals surface area contributed by atoms with Crippen LogP contribution in [0.25, 0.3) is 0 Å². The van der Waals surface area contributed by atoms with Crippen molar-refractivity contribution in [1.82, 2.24) is 16.0 Å². The molecular weight excluding hydrogens is 488 g/mol. The van der Waals surface area contributed by atoms with Crippen molar-refractivity contribution in [2.45, 2.75) is 70.0 Å². The summed E-state index contributed by atoms with van der Waals surface area (Å²) in [6, 6.07) is 7.19. The minimum atomic E-state index is -2.83. The summed E-state index contributed by atoms with van der Waals surface area (Å²) in [4.78, 5) is 12.5. The fraction of sp³-hybridized carbons (Fsp3) is 0.500. The number of rotatable bonds is 10. The predicted molar refractivity (Wildman–Crippen MR) is 139 cm³/mol. The second kappa shape index (κ2) is 12.3. The van der Waals surface area contributed by atoms with Gasteiger partial charge in [0.25, 0.3) is 0 Å². The molecule has 2 amide bonds. The normalized spacial score (nSPS) is 20.1. The molecule has 36 heavy (non-hydrogen) atoms. The number of fused-ring (bicyclic) bond motifs is 1. The molecular formula is C26H37F2N3O4S. The molecule has 7 nitrogen and oxygen atoms in total. The van der Waals surface area contributed by atoms with Crippen molar-refractivity contribution in [2.75, 3.05) is 12.3 Å². The van der Waals surface area contributed by atoms with Gasteiger partial charge in [0.1, 0.15) is 11.6 Å². The van der Waals surface area contributed by atoms with Crippen LogP contribution in [0.3, 0.4) is 0 Å². The Balaban J connectivity index is 1.77. The zero-order chi connectivity index (χ0) is 26.5. The summed E-state index contributed by atoms with van der Waals surface area (Å²) < 4.78 is 48.5. The van der Waals surface area contributed by atoms with Crippen LogP contribution in [-0.4, -0.2) is 50.7 Å². The number of halogens is 2. The van der Waals surface area contributed by atoms with Crippen LogP contribution >= 0.6 is 10.6 Å². The maximum Gasteiger partial charge on any atom is 0.315 e. The van der Waals surface area contributed by atoms with Crippen molar-refractivity contribution in [3.8, 4) is 0 Å². The number of aliphatic hydroxyl groups excluding tert-OH is 1. The van der Waals surface area contributed by atoms with E-state index in [1.54, 1.807) is 0 Å². The molecule has 4 atom stereocenters. The van der Waals surface area contributed by atoms with Gasteiger partial charge in [-0.1, -0.05) is 32.0 Å². The Morgan fingerprint density at radius 3 is 2.42 bits per heavy atom. The molecule has 0 aromatic heterocycles. The van der Waals surface area contributed by atoms with Crippen LogP contribution < -0.4 is 16.0 Å². The Labute approximate surface area is 213 Å². The van der Waals surface area contributed by atoms with Gasteiger partial charge in [-0.05, 0) is 60.6 Å². The summed E-state index contributed by atoms with van der Waals surface area (Å²) in [7, 11) is -2.83. The molecule has 0 bridgehead atoms. The third-order valence-electron chi connectivity index (χ3n) is 6.54. The zero-order valence-corrected chi connectivity index (χ0v) is 21.7. The summed E-state index contributed by atoms with van der Waals surface area (Å²) in [5.74, 6) is -1.17. The number of urea groups is 1. The van der Waals surface area contributed by atoms with Gasteiger partial charge in [-0.15, -0.1) is 0 Å². The molecule has 6 N–H and O–H groups in total. The number of nitrogens with one attached hydrogen (secondary N) is 3. The molecule has 0 spiro atoms. The minimum absolute atomic E-state index is 0.00186. The van der Waals surface area contributed by atoms with E-state index in [-0.39, 0.29) is 30.5 Å². The standard InChI is InChI=1S/C26H37F2N3O4S/c1-4-16(3)30-26(33)31-23(11-18-8-20(27)12-21(28)9-18)25(32)13-29-24-15-36(34,35)14-19-7-6-17(5-2)10-22(19)24/h6-10,12,16,23-25,29,32,34-35H,4-5,11,13-15H2,1-3H3,(H2,30,31,33)/t16?,23-,24-,25-/m0/s1. The maximum absolute atomic E-state index is 13.8. The van der Waals surface area contributed by atoms with Crippen molar-refractivity contribution in [3.05, 3.63) is 70.3 Å². The molecule has 1 aliphatic rings. The first-order valence-electron chi connectivity index (χ1n) is 12.3. The van der Waals surface area contributed by atoms with Gasteiger partial charge in [0.05, 0.1) is 29.7 Å². The third kappa shape index (κ3) is 7.88. The highest BCUT2D eigenvalue weighted by Gasteiger charge is 2.31. The van der Waals surface area contributed by atoms with E-state index in [1.165, 1.54) is 12.1 Å². The molecule has 0 fully saturated rings. The third-order valence-corrected chi connectivity index (χ3v) is 8.18. The van der Waals surface area contributed by atoms with E-state index in [0.717, 1.165) is 29.2 Å². The summed E-state index contributed by atoms with van der Waals surface area (Å²) in [6.07, 6.45) is 0.424. The topological polar surface area (TPSA) is 114 Å². The molecule has 0 radical (unpaired) electrons. The highest BCUT2D eigenvalue weighted by molar-refractivity contribution is 8.23. The lowest BCUT2D eigenvalue weighted by molar-refractivity contribution is 0.123. The molecule has 1 unspecified atom stereocenters. The van der Waals surface area contributed by atoms with Crippen molar-refractivity contribution in [2.24, 2.45) is 0 Å². The zero-order valence-electron chi connectivity index (χ0n) is 20.9. The predicted octanol–water partition coefficient (Wildman–Crippen LogP) is 4.49. The van der Waals surface area contributed by atoms with Gasteiger partial charge in [-0.25, -0.2) is 13.6 Å². The van der Waals surface area contributed by atoms with E-state index in [1.807, 2.05) is 39.0 Å². The van der Waals surface area contributed by atoms with Crippen LogP contribution in [0.4, 0.5) is 13.6 Å². The number of benzene rings is 2. The second-order valence-corrected chi connectivity index (χ2v) is 11.8. The first-order chi connectivity index (χ1) is 17.0. The van der Waals surface area contributed by atoms with Gasteiger partial charge in [-0.2, -0.15) is 10.6 Å². The number of aryl methyl sites for hydroxylation is 1. The average molecular weight is 526 g/mol. The first-order valence-corrected chi connectivity index (χ1v) is 14.2. The molecule has 2 aromatic rings. The molecule has 1 heterocycles. The van der Waals surface area contributed by atoms with Gasteiger partial charge < -0.3 is 21.1 Å². The monoisotopic (exact) mass is 525 g/mol. The van der Waals surface area contributed by atoms with Gasteiger partial charge >= 0.3 is 6.03 Å². The average Bonchev–Trinajstić information content (AvgIpc) is 2.80. The van der Waals surface area contributed by atoms with Crippen LogP contribution in [-0.2, 0) is 18.6 Å². The number of hydrogen-bond acceptors (Lipinski definition) is 5. The quantitative estimate of drug-likeness (QED) is 0.274. The Morgan fingerprint density at radius 1 is 1.08 bits per heavy atom. The lowest BCUT2D eigenvalue weighted by Gasteiger charge is -2.42. The summed E-state index contributed by atoms with van der Waals surface area (Å²) in [6.45, 7) is 5.83. The van der Waals surface area contributed by atoms with Crippen molar-refractivity contribution in [1.29, 1.82) is 0 Å².